The Morgan fingerprint density at radius 2 is 1.74 bits per heavy atom. The molecule has 2 heteroatoms. The summed E-state index contributed by atoms with van der Waals surface area (Å²) in [5.41, 5.74) is 0. The van der Waals surface area contributed by atoms with Crippen LogP contribution in [-0.2, 0) is 4.74 Å². The largest absolute Gasteiger partial charge is 0.378 e. The Morgan fingerprint density at radius 3 is 2.53 bits per heavy atom. The minimum atomic E-state index is 0.579. The maximum Gasteiger partial charge on any atom is 0.0603 e. The lowest BCUT2D eigenvalue weighted by molar-refractivity contribution is -0.0135. The first-order valence-electron chi connectivity index (χ1n) is 8.75. The van der Waals surface area contributed by atoms with E-state index in [1.807, 2.05) is 0 Å². The van der Waals surface area contributed by atoms with E-state index < -0.39 is 0 Å². The van der Waals surface area contributed by atoms with Gasteiger partial charge in [0.2, 0.25) is 0 Å². The zero-order valence-electron chi connectivity index (χ0n) is 12.8. The van der Waals surface area contributed by atoms with Crippen molar-refractivity contribution in [1.29, 1.82) is 0 Å². The summed E-state index contributed by atoms with van der Waals surface area (Å²) in [5.74, 6) is 0.844. The molecule has 0 heterocycles. The molecule has 0 amide bonds. The standard InChI is InChI=1S/C17H33NO/c1-2-15-9-5-6-10-17(15)19-14-8-4-3-7-13-18-16-11-12-16/h15-18H,2-14H2,1H3. The molecule has 0 spiro atoms. The number of nitrogens with one attached hydrogen (secondary N) is 1. The van der Waals surface area contributed by atoms with E-state index in [1.165, 1.54) is 77.2 Å². The second-order valence-electron chi connectivity index (χ2n) is 6.50. The molecule has 2 rings (SSSR count). The Hall–Kier alpha value is -0.0800. The number of unbranched alkanes of at least 4 members (excludes halogenated alkanes) is 3. The fourth-order valence-electron chi connectivity index (χ4n) is 3.27. The molecule has 0 aromatic rings. The van der Waals surface area contributed by atoms with Crippen molar-refractivity contribution in [3.63, 3.8) is 0 Å². The van der Waals surface area contributed by atoms with E-state index in [1.54, 1.807) is 0 Å². The van der Waals surface area contributed by atoms with Gasteiger partial charge in [-0.1, -0.05) is 39.0 Å². The van der Waals surface area contributed by atoms with Crippen LogP contribution in [0.2, 0.25) is 0 Å². The molecule has 2 aliphatic rings. The highest BCUT2D eigenvalue weighted by Crippen LogP contribution is 2.29. The minimum absolute atomic E-state index is 0.579. The summed E-state index contributed by atoms with van der Waals surface area (Å²) >= 11 is 0. The Labute approximate surface area is 119 Å². The zero-order chi connectivity index (χ0) is 13.3. The maximum atomic E-state index is 6.13. The van der Waals surface area contributed by atoms with Crippen LogP contribution in [0.5, 0.6) is 0 Å². The highest BCUT2D eigenvalue weighted by Gasteiger charge is 2.23. The number of hydrogen-bond acceptors (Lipinski definition) is 2. The van der Waals surface area contributed by atoms with Crippen molar-refractivity contribution in [2.75, 3.05) is 13.2 Å². The highest BCUT2D eigenvalue weighted by atomic mass is 16.5. The molecule has 0 bridgehead atoms. The van der Waals surface area contributed by atoms with E-state index in [4.69, 9.17) is 4.74 Å². The molecule has 2 fully saturated rings. The lowest BCUT2D eigenvalue weighted by Gasteiger charge is -2.30. The van der Waals surface area contributed by atoms with Crippen LogP contribution in [0.3, 0.4) is 0 Å². The number of rotatable bonds is 10. The summed E-state index contributed by atoms with van der Waals surface area (Å²) in [6, 6.07) is 0.876. The Bertz CT molecular complexity index is 227. The molecule has 0 radical (unpaired) electrons. The molecule has 112 valence electrons. The Balaban J connectivity index is 1.40. The average Bonchev–Trinajstić information content (AvgIpc) is 3.26. The summed E-state index contributed by atoms with van der Waals surface area (Å²) in [7, 11) is 0. The minimum Gasteiger partial charge on any atom is -0.378 e. The average molecular weight is 267 g/mol. The molecule has 2 saturated carbocycles. The van der Waals surface area contributed by atoms with Gasteiger partial charge in [0.15, 0.2) is 0 Å². The summed E-state index contributed by atoms with van der Waals surface area (Å²) in [6.07, 6.45) is 15.5. The van der Waals surface area contributed by atoms with Crippen LogP contribution >= 0.6 is 0 Å². The van der Waals surface area contributed by atoms with Gasteiger partial charge in [0.25, 0.3) is 0 Å². The topological polar surface area (TPSA) is 21.3 Å². The Kier molecular flexibility index (Phi) is 7.23. The van der Waals surface area contributed by atoms with Gasteiger partial charge >= 0.3 is 0 Å². The fraction of sp³-hybridized carbons (Fsp3) is 1.00. The molecule has 2 aliphatic carbocycles. The van der Waals surface area contributed by atoms with Crippen LogP contribution in [-0.4, -0.2) is 25.3 Å². The smallest absolute Gasteiger partial charge is 0.0603 e. The predicted molar refractivity (Wildman–Crippen MR) is 81.5 cm³/mol. The lowest BCUT2D eigenvalue weighted by Crippen LogP contribution is -2.27. The van der Waals surface area contributed by atoms with E-state index in [-0.39, 0.29) is 0 Å². The molecular weight excluding hydrogens is 234 g/mol. The second kappa shape index (κ2) is 8.97. The van der Waals surface area contributed by atoms with E-state index in [0.717, 1.165) is 18.6 Å². The van der Waals surface area contributed by atoms with Crippen molar-refractivity contribution in [1.82, 2.24) is 5.32 Å². The molecule has 1 N–H and O–H groups in total. The third-order valence-electron chi connectivity index (χ3n) is 4.78. The first-order chi connectivity index (χ1) is 9.40. The van der Waals surface area contributed by atoms with Gasteiger partial charge in [-0.15, -0.1) is 0 Å². The normalized spacial score (nSPS) is 27.6. The van der Waals surface area contributed by atoms with Crippen LogP contribution in [0.1, 0.15) is 77.6 Å². The molecule has 0 aliphatic heterocycles. The van der Waals surface area contributed by atoms with Gasteiger partial charge in [0.05, 0.1) is 6.10 Å². The predicted octanol–water partition coefficient (Wildman–Crippen LogP) is 4.28. The van der Waals surface area contributed by atoms with Gasteiger partial charge in [-0.25, -0.2) is 0 Å². The molecular formula is C17H33NO. The molecule has 0 aromatic carbocycles. The van der Waals surface area contributed by atoms with Gasteiger partial charge in [-0.3, -0.25) is 0 Å². The Morgan fingerprint density at radius 1 is 0.947 bits per heavy atom. The quantitative estimate of drug-likeness (QED) is 0.596. The van der Waals surface area contributed by atoms with Crippen molar-refractivity contribution in [2.24, 2.45) is 5.92 Å². The van der Waals surface area contributed by atoms with E-state index in [2.05, 4.69) is 12.2 Å². The first-order valence-corrected chi connectivity index (χ1v) is 8.75. The summed E-state index contributed by atoms with van der Waals surface area (Å²) in [5, 5.41) is 3.58. The van der Waals surface area contributed by atoms with Crippen LogP contribution < -0.4 is 5.32 Å². The van der Waals surface area contributed by atoms with Gasteiger partial charge in [0.1, 0.15) is 0 Å². The summed E-state index contributed by atoms with van der Waals surface area (Å²) in [4.78, 5) is 0. The van der Waals surface area contributed by atoms with Crippen LogP contribution in [0.4, 0.5) is 0 Å². The first kappa shape index (κ1) is 15.3. The van der Waals surface area contributed by atoms with Crippen molar-refractivity contribution < 1.29 is 4.74 Å². The van der Waals surface area contributed by atoms with Crippen molar-refractivity contribution >= 4 is 0 Å². The van der Waals surface area contributed by atoms with Gasteiger partial charge in [0, 0.05) is 12.6 Å². The van der Waals surface area contributed by atoms with Gasteiger partial charge in [-0.2, -0.15) is 0 Å². The van der Waals surface area contributed by atoms with E-state index >= 15 is 0 Å². The number of ether oxygens (including phenoxy) is 1. The molecule has 0 aromatic heterocycles. The van der Waals surface area contributed by atoms with Crippen molar-refractivity contribution in [3.8, 4) is 0 Å². The van der Waals surface area contributed by atoms with Gasteiger partial charge in [-0.05, 0) is 51.0 Å². The molecule has 19 heavy (non-hydrogen) atoms. The third kappa shape index (κ3) is 6.27. The third-order valence-corrected chi connectivity index (χ3v) is 4.78. The van der Waals surface area contributed by atoms with Crippen LogP contribution in [0, 0.1) is 5.92 Å². The molecule has 2 nitrogen and oxygen atoms in total. The zero-order valence-corrected chi connectivity index (χ0v) is 12.8. The SMILES string of the molecule is CCC1CCCCC1OCCCCCCNC1CC1. The van der Waals surface area contributed by atoms with E-state index in [0.29, 0.717) is 6.10 Å². The fourth-order valence-corrected chi connectivity index (χ4v) is 3.27. The monoisotopic (exact) mass is 267 g/mol. The number of hydrogen-bond donors (Lipinski definition) is 1. The maximum absolute atomic E-state index is 6.13. The van der Waals surface area contributed by atoms with Crippen LogP contribution in [0.25, 0.3) is 0 Å². The molecule has 0 saturated heterocycles. The van der Waals surface area contributed by atoms with Crippen molar-refractivity contribution in [3.05, 3.63) is 0 Å². The summed E-state index contributed by atoms with van der Waals surface area (Å²) in [6.45, 7) is 4.54. The highest BCUT2D eigenvalue weighted by molar-refractivity contribution is 4.80. The molecule has 2 unspecified atom stereocenters. The van der Waals surface area contributed by atoms with Crippen LogP contribution in [0.15, 0.2) is 0 Å². The molecule has 2 atom stereocenters. The van der Waals surface area contributed by atoms with E-state index in [9.17, 15) is 0 Å². The second-order valence-corrected chi connectivity index (χ2v) is 6.50. The lowest BCUT2D eigenvalue weighted by atomic mass is 9.85. The summed E-state index contributed by atoms with van der Waals surface area (Å²) < 4.78 is 6.13. The van der Waals surface area contributed by atoms with Gasteiger partial charge < -0.3 is 10.1 Å². The van der Waals surface area contributed by atoms with Crippen molar-refractivity contribution in [2.45, 2.75) is 89.7 Å².